The Labute approximate surface area is 79.5 Å². The molecule has 0 aliphatic rings. The van der Waals surface area contributed by atoms with E-state index in [1.54, 1.807) is 41.8 Å². The van der Waals surface area contributed by atoms with Gasteiger partial charge in [0.25, 0.3) is 0 Å². The van der Waals surface area contributed by atoms with Crippen LogP contribution in [-0.4, -0.2) is 28.3 Å². The minimum atomic E-state index is 0.973. The van der Waals surface area contributed by atoms with Crippen molar-refractivity contribution in [3.05, 3.63) is 28.7 Å². The standard InChI is InChI=1S/C8H8N4S/c1-9-4-7-5-13-6-8(7)12-10-2-3-11-12/h2-6H,1H3. The summed E-state index contributed by atoms with van der Waals surface area (Å²) in [5.41, 5.74) is 2.02. The van der Waals surface area contributed by atoms with Gasteiger partial charge in [-0.2, -0.15) is 15.0 Å². The number of aliphatic imine (C=N–C) groups is 1. The zero-order valence-electron chi connectivity index (χ0n) is 7.08. The van der Waals surface area contributed by atoms with Crippen molar-refractivity contribution in [1.29, 1.82) is 0 Å². The molecule has 13 heavy (non-hydrogen) atoms. The molecule has 0 amide bonds. The molecule has 0 N–H and O–H groups in total. The largest absolute Gasteiger partial charge is 0.296 e. The van der Waals surface area contributed by atoms with Gasteiger partial charge in [-0.25, -0.2) is 0 Å². The van der Waals surface area contributed by atoms with E-state index in [1.807, 2.05) is 10.8 Å². The molecule has 0 saturated heterocycles. The maximum atomic E-state index is 4.05. The molecule has 0 unspecified atom stereocenters. The van der Waals surface area contributed by atoms with Crippen LogP contribution in [-0.2, 0) is 0 Å². The molecule has 2 rings (SSSR count). The summed E-state index contributed by atoms with van der Waals surface area (Å²) in [5, 5.41) is 12.1. The van der Waals surface area contributed by atoms with Crippen LogP contribution in [0.3, 0.4) is 0 Å². The molecule has 0 aliphatic heterocycles. The maximum absolute atomic E-state index is 4.05. The average molecular weight is 192 g/mol. The molecular formula is C8H8N4S. The monoisotopic (exact) mass is 192 g/mol. The summed E-state index contributed by atoms with van der Waals surface area (Å²) in [5.74, 6) is 0. The number of hydrogen-bond acceptors (Lipinski definition) is 4. The van der Waals surface area contributed by atoms with Gasteiger partial charge >= 0.3 is 0 Å². The third kappa shape index (κ3) is 1.50. The maximum Gasteiger partial charge on any atom is 0.105 e. The van der Waals surface area contributed by atoms with Crippen molar-refractivity contribution >= 4 is 17.6 Å². The van der Waals surface area contributed by atoms with Gasteiger partial charge in [0.15, 0.2) is 0 Å². The third-order valence-electron chi connectivity index (χ3n) is 1.57. The lowest BCUT2D eigenvalue weighted by molar-refractivity contribution is 0.754. The van der Waals surface area contributed by atoms with Gasteiger partial charge in [-0.05, 0) is 0 Å². The molecule has 5 heteroatoms. The average Bonchev–Trinajstić information content (AvgIpc) is 2.71. The van der Waals surface area contributed by atoms with Crippen molar-refractivity contribution in [1.82, 2.24) is 15.0 Å². The molecule has 2 aromatic heterocycles. The second-order valence-corrected chi connectivity index (χ2v) is 3.16. The van der Waals surface area contributed by atoms with Gasteiger partial charge in [0, 0.05) is 29.6 Å². The van der Waals surface area contributed by atoms with Crippen molar-refractivity contribution in [2.75, 3.05) is 7.05 Å². The normalized spacial score (nSPS) is 11.2. The Hall–Kier alpha value is -1.49. The Balaban J connectivity index is 2.46. The smallest absolute Gasteiger partial charge is 0.105 e. The van der Waals surface area contributed by atoms with E-state index in [-0.39, 0.29) is 0 Å². The molecule has 0 spiro atoms. The number of hydrogen-bond donors (Lipinski definition) is 0. The van der Waals surface area contributed by atoms with Crippen molar-refractivity contribution in [3.8, 4) is 5.69 Å². The van der Waals surface area contributed by atoms with Crippen molar-refractivity contribution in [3.63, 3.8) is 0 Å². The zero-order chi connectivity index (χ0) is 9.10. The first-order chi connectivity index (χ1) is 6.42. The van der Waals surface area contributed by atoms with Gasteiger partial charge in [0.1, 0.15) is 5.69 Å². The van der Waals surface area contributed by atoms with Crippen LogP contribution < -0.4 is 0 Å². The van der Waals surface area contributed by atoms with Gasteiger partial charge < -0.3 is 0 Å². The molecule has 0 aromatic carbocycles. The van der Waals surface area contributed by atoms with Gasteiger partial charge in [0.05, 0.1) is 12.4 Å². The van der Waals surface area contributed by atoms with E-state index in [2.05, 4.69) is 15.2 Å². The topological polar surface area (TPSA) is 43.1 Å². The van der Waals surface area contributed by atoms with Gasteiger partial charge in [-0.1, -0.05) is 0 Å². The minimum absolute atomic E-state index is 0.973. The lowest BCUT2D eigenvalue weighted by Gasteiger charge is -1.95. The fourth-order valence-electron chi connectivity index (χ4n) is 1.04. The summed E-state index contributed by atoms with van der Waals surface area (Å²) >= 11 is 1.61. The number of nitrogens with zero attached hydrogens (tertiary/aromatic N) is 4. The molecule has 66 valence electrons. The third-order valence-corrected chi connectivity index (χ3v) is 2.32. The second kappa shape index (κ2) is 3.49. The quantitative estimate of drug-likeness (QED) is 0.674. The number of aromatic nitrogens is 3. The van der Waals surface area contributed by atoms with Crippen LogP contribution in [0.15, 0.2) is 28.1 Å². The zero-order valence-corrected chi connectivity index (χ0v) is 7.90. The molecule has 0 aliphatic carbocycles. The summed E-state index contributed by atoms with van der Waals surface area (Å²) < 4.78 is 0. The second-order valence-electron chi connectivity index (χ2n) is 2.42. The van der Waals surface area contributed by atoms with E-state index in [9.17, 15) is 0 Å². The van der Waals surface area contributed by atoms with Gasteiger partial charge in [0.2, 0.25) is 0 Å². The molecule has 0 fully saturated rings. The molecular weight excluding hydrogens is 184 g/mol. The highest BCUT2D eigenvalue weighted by Gasteiger charge is 2.04. The highest BCUT2D eigenvalue weighted by molar-refractivity contribution is 7.08. The number of thiophene rings is 1. The van der Waals surface area contributed by atoms with Crippen LogP contribution in [0.25, 0.3) is 5.69 Å². The SMILES string of the molecule is CN=Cc1cscc1-n1nccn1. The molecule has 2 heterocycles. The molecule has 4 nitrogen and oxygen atoms in total. The Kier molecular flexibility index (Phi) is 2.18. The highest BCUT2D eigenvalue weighted by Crippen LogP contribution is 2.15. The van der Waals surface area contributed by atoms with Crippen LogP contribution in [0, 0.1) is 0 Å². The summed E-state index contributed by atoms with van der Waals surface area (Å²) in [4.78, 5) is 5.55. The Bertz CT molecular complexity index is 401. The summed E-state index contributed by atoms with van der Waals surface area (Å²) in [6.07, 6.45) is 5.12. The highest BCUT2D eigenvalue weighted by atomic mass is 32.1. The van der Waals surface area contributed by atoms with E-state index in [0.717, 1.165) is 11.3 Å². The first-order valence-electron chi connectivity index (χ1n) is 3.77. The summed E-state index contributed by atoms with van der Waals surface area (Å²) in [6, 6.07) is 0. The summed E-state index contributed by atoms with van der Waals surface area (Å²) in [7, 11) is 1.75. The fraction of sp³-hybridized carbons (Fsp3) is 0.125. The predicted molar refractivity (Wildman–Crippen MR) is 52.8 cm³/mol. The van der Waals surface area contributed by atoms with Crippen molar-refractivity contribution < 1.29 is 0 Å². The van der Waals surface area contributed by atoms with Gasteiger partial charge in [-0.3, -0.25) is 4.99 Å². The first kappa shape index (κ1) is 8.12. The van der Waals surface area contributed by atoms with Crippen LogP contribution >= 0.6 is 11.3 Å². The predicted octanol–water partition coefficient (Wildman–Crippen LogP) is 1.38. The van der Waals surface area contributed by atoms with E-state index >= 15 is 0 Å². The van der Waals surface area contributed by atoms with Crippen molar-refractivity contribution in [2.45, 2.75) is 0 Å². The Morgan fingerprint density at radius 1 is 1.38 bits per heavy atom. The van der Waals surface area contributed by atoms with E-state index in [4.69, 9.17) is 0 Å². The van der Waals surface area contributed by atoms with Crippen molar-refractivity contribution in [2.24, 2.45) is 4.99 Å². The molecule has 2 aromatic rings. The van der Waals surface area contributed by atoms with Crippen LogP contribution in [0.1, 0.15) is 5.56 Å². The Morgan fingerprint density at radius 3 is 2.85 bits per heavy atom. The van der Waals surface area contributed by atoms with Crippen LogP contribution in [0.4, 0.5) is 0 Å². The minimum Gasteiger partial charge on any atom is -0.296 e. The van der Waals surface area contributed by atoms with Crippen LogP contribution in [0.5, 0.6) is 0 Å². The first-order valence-corrected chi connectivity index (χ1v) is 4.71. The summed E-state index contributed by atoms with van der Waals surface area (Å²) in [6.45, 7) is 0. The van der Waals surface area contributed by atoms with Gasteiger partial charge in [-0.15, -0.1) is 11.3 Å². The van der Waals surface area contributed by atoms with Crippen LogP contribution in [0.2, 0.25) is 0 Å². The lowest BCUT2D eigenvalue weighted by Crippen LogP contribution is -1.99. The molecule has 0 bridgehead atoms. The molecule has 0 atom stereocenters. The van der Waals surface area contributed by atoms with E-state index < -0.39 is 0 Å². The molecule has 0 saturated carbocycles. The number of rotatable bonds is 2. The molecule has 0 radical (unpaired) electrons. The Morgan fingerprint density at radius 2 is 2.15 bits per heavy atom. The lowest BCUT2D eigenvalue weighted by atomic mass is 10.3. The fourth-order valence-corrected chi connectivity index (χ4v) is 1.79. The van der Waals surface area contributed by atoms with E-state index in [1.165, 1.54) is 0 Å². The van der Waals surface area contributed by atoms with E-state index in [0.29, 0.717) is 0 Å².